The van der Waals surface area contributed by atoms with Crippen molar-refractivity contribution < 1.29 is 0 Å². The molecule has 1 heterocycles. The van der Waals surface area contributed by atoms with Gasteiger partial charge in [-0.25, -0.2) is 0 Å². The Labute approximate surface area is 117 Å². The molecule has 1 N–H and O–H groups in total. The number of nitrogens with one attached hydrogen (secondary N) is 1. The fourth-order valence-electron chi connectivity index (χ4n) is 3.22. The molecule has 0 bridgehead atoms. The predicted molar refractivity (Wildman–Crippen MR) is 80.1 cm³/mol. The van der Waals surface area contributed by atoms with E-state index in [0.29, 0.717) is 0 Å². The van der Waals surface area contributed by atoms with Gasteiger partial charge in [-0.1, -0.05) is 26.7 Å². The lowest BCUT2D eigenvalue weighted by atomic mass is 9.77. The Morgan fingerprint density at radius 2 is 2.05 bits per heavy atom. The van der Waals surface area contributed by atoms with E-state index in [-0.39, 0.29) is 0 Å². The van der Waals surface area contributed by atoms with Gasteiger partial charge in [0.05, 0.1) is 5.69 Å². The molecule has 1 aliphatic carbocycles. The minimum Gasteiger partial charge on any atom is -0.316 e. The highest BCUT2D eigenvalue weighted by Crippen LogP contribution is 2.31. The molecule has 2 unspecified atom stereocenters. The van der Waals surface area contributed by atoms with Gasteiger partial charge in [-0.3, -0.25) is 4.68 Å². The molecule has 1 fully saturated rings. The molecule has 2 rings (SSSR count). The topological polar surface area (TPSA) is 29.9 Å². The summed E-state index contributed by atoms with van der Waals surface area (Å²) in [6.07, 6.45) is 8.80. The minimum atomic E-state index is 0.748. The van der Waals surface area contributed by atoms with Crippen LogP contribution in [0, 0.1) is 17.8 Å². The predicted octanol–water partition coefficient (Wildman–Crippen LogP) is 3.01. The summed E-state index contributed by atoms with van der Waals surface area (Å²) in [5.41, 5.74) is 1.27. The SMILES string of the molecule is CC(C)CNCC1CCCCC1Cc1ccn(C)n1. The fourth-order valence-corrected chi connectivity index (χ4v) is 3.22. The van der Waals surface area contributed by atoms with Crippen LogP contribution in [-0.4, -0.2) is 22.9 Å². The smallest absolute Gasteiger partial charge is 0.0627 e. The van der Waals surface area contributed by atoms with Crippen molar-refractivity contribution in [1.29, 1.82) is 0 Å². The van der Waals surface area contributed by atoms with E-state index in [1.165, 1.54) is 37.9 Å². The Bertz CT molecular complexity index is 370. The van der Waals surface area contributed by atoms with E-state index in [1.807, 2.05) is 11.7 Å². The Morgan fingerprint density at radius 1 is 1.32 bits per heavy atom. The lowest BCUT2D eigenvalue weighted by molar-refractivity contribution is 0.225. The minimum absolute atomic E-state index is 0.748. The lowest BCUT2D eigenvalue weighted by Crippen LogP contribution is -2.33. The molecule has 0 spiro atoms. The monoisotopic (exact) mass is 263 g/mol. The van der Waals surface area contributed by atoms with E-state index >= 15 is 0 Å². The van der Waals surface area contributed by atoms with Gasteiger partial charge in [0.1, 0.15) is 0 Å². The number of rotatable bonds is 6. The molecular weight excluding hydrogens is 234 g/mol. The molecule has 108 valence electrons. The van der Waals surface area contributed by atoms with E-state index in [9.17, 15) is 0 Å². The van der Waals surface area contributed by atoms with Gasteiger partial charge in [-0.2, -0.15) is 5.10 Å². The maximum atomic E-state index is 4.54. The van der Waals surface area contributed by atoms with Crippen molar-refractivity contribution in [2.24, 2.45) is 24.8 Å². The molecule has 1 saturated carbocycles. The Morgan fingerprint density at radius 3 is 2.68 bits per heavy atom. The van der Waals surface area contributed by atoms with Gasteiger partial charge < -0.3 is 5.32 Å². The van der Waals surface area contributed by atoms with Crippen LogP contribution in [0.15, 0.2) is 12.3 Å². The molecule has 0 saturated heterocycles. The van der Waals surface area contributed by atoms with Crippen LogP contribution in [-0.2, 0) is 13.5 Å². The summed E-state index contributed by atoms with van der Waals surface area (Å²) in [6.45, 7) is 6.89. The molecule has 3 heteroatoms. The van der Waals surface area contributed by atoms with Crippen LogP contribution in [0.3, 0.4) is 0 Å². The molecule has 1 aromatic heterocycles. The highest BCUT2D eigenvalue weighted by molar-refractivity contribution is 5.01. The standard InChI is InChI=1S/C16H29N3/c1-13(2)11-17-12-15-7-5-4-6-14(15)10-16-8-9-19(3)18-16/h8-9,13-15,17H,4-7,10-12H2,1-3H3. The maximum absolute atomic E-state index is 4.54. The molecule has 0 aliphatic heterocycles. The first kappa shape index (κ1) is 14.6. The van der Waals surface area contributed by atoms with Crippen LogP contribution in [0.4, 0.5) is 0 Å². The first-order chi connectivity index (χ1) is 9.15. The van der Waals surface area contributed by atoms with Gasteiger partial charge in [0.2, 0.25) is 0 Å². The van der Waals surface area contributed by atoms with Gasteiger partial charge in [0.25, 0.3) is 0 Å². The molecular formula is C16H29N3. The lowest BCUT2D eigenvalue weighted by Gasteiger charge is -2.31. The number of aryl methyl sites for hydroxylation is 1. The second-order valence-electron chi connectivity index (χ2n) is 6.54. The number of hydrogen-bond donors (Lipinski definition) is 1. The summed E-state index contributed by atoms with van der Waals surface area (Å²) in [5, 5.41) is 8.19. The third-order valence-corrected chi connectivity index (χ3v) is 4.27. The quantitative estimate of drug-likeness (QED) is 0.855. The Balaban J connectivity index is 1.84. The average molecular weight is 263 g/mol. The van der Waals surface area contributed by atoms with Crippen molar-refractivity contribution in [3.8, 4) is 0 Å². The molecule has 2 atom stereocenters. The van der Waals surface area contributed by atoms with E-state index < -0.39 is 0 Å². The first-order valence-corrected chi connectivity index (χ1v) is 7.84. The summed E-state index contributed by atoms with van der Waals surface area (Å²) in [7, 11) is 2.01. The first-order valence-electron chi connectivity index (χ1n) is 7.84. The zero-order valence-corrected chi connectivity index (χ0v) is 12.7. The zero-order valence-electron chi connectivity index (χ0n) is 12.7. The van der Waals surface area contributed by atoms with Crippen LogP contribution < -0.4 is 5.32 Å². The van der Waals surface area contributed by atoms with E-state index in [1.54, 1.807) is 0 Å². The highest BCUT2D eigenvalue weighted by Gasteiger charge is 2.25. The molecule has 3 nitrogen and oxygen atoms in total. The highest BCUT2D eigenvalue weighted by atomic mass is 15.2. The van der Waals surface area contributed by atoms with Crippen LogP contribution in [0.25, 0.3) is 0 Å². The van der Waals surface area contributed by atoms with Crippen LogP contribution in [0.2, 0.25) is 0 Å². The van der Waals surface area contributed by atoms with Crippen LogP contribution in [0.5, 0.6) is 0 Å². The second-order valence-corrected chi connectivity index (χ2v) is 6.54. The van der Waals surface area contributed by atoms with Crippen molar-refractivity contribution in [2.75, 3.05) is 13.1 Å². The van der Waals surface area contributed by atoms with Crippen LogP contribution >= 0.6 is 0 Å². The molecule has 1 aromatic rings. The van der Waals surface area contributed by atoms with Gasteiger partial charge in [0, 0.05) is 13.2 Å². The second kappa shape index (κ2) is 7.09. The van der Waals surface area contributed by atoms with E-state index in [0.717, 1.165) is 30.7 Å². The van der Waals surface area contributed by atoms with Crippen molar-refractivity contribution in [2.45, 2.75) is 46.0 Å². The maximum Gasteiger partial charge on any atom is 0.0627 e. The molecule has 0 amide bonds. The number of hydrogen-bond acceptors (Lipinski definition) is 2. The summed E-state index contributed by atoms with van der Waals surface area (Å²) in [6, 6.07) is 2.17. The summed E-state index contributed by atoms with van der Waals surface area (Å²) in [4.78, 5) is 0. The van der Waals surface area contributed by atoms with Crippen LogP contribution in [0.1, 0.15) is 45.2 Å². The third-order valence-electron chi connectivity index (χ3n) is 4.27. The fraction of sp³-hybridized carbons (Fsp3) is 0.812. The van der Waals surface area contributed by atoms with Gasteiger partial charge in [0.15, 0.2) is 0 Å². The molecule has 1 aliphatic rings. The van der Waals surface area contributed by atoms with Crippen molar-refractivity contribution >= 4 is 0 Å². The van der Waals surface area contributed by atoms with E-state index in [2.05, 4.69) is 36.5 Å². The molecule has 0 radical (unpaired) electrons. The summed E-state index contributed by atoms with van der Waals surface area (Å²) in [5.74, 6) is 2.41. The third kappa shape index (κ3) is 4.64. The van der Waals surface area contributed by atoms with Gasteiger partial charge in [-0.15, -0.1) is 0 Å². The van der Waals surface area contributed by atoms with Crippen molar-refractivity contribution in [3.05, 3.63) is 18.0 Å². The largest absolute Gasteiger partial charge is 0.316 e. The zero-order chi connectivity index (χ0) is 13.7. The molecule has 19 heavy (non-hydrogen) atoms. The Kier molecular flexibility index (Phi) is 5.44. The van der Waals surface area contributed by atoms with Gasteiger partial charge >= 0.3 is 0 Å². The summed E-state index contributed by atoms with van der Waals surface area (Å²) >= 11 is 0. The Hall–Kier alpha value is -0.830. The summed E-state index contributed by atoms with van der Waals surface area (Å²) < 4.78 is 1.92. The number of aromatic nitrogens is 2. The average Bonchev–Trinajstić information content (AvgIpc) is 2.77. The van der Waals surface area contributed by atoms with E-state index in [4.69, 9.17) is 0 Å². The normalized spacial score (nSPS) is 24.0. The number of nitrogens with zero attached hydrogens (tertiary/aromatic N) is 2. The van der Waals surface area contributed by atoms with Gasteiger partial charge in [-0.05, 0) is 56.2 Å². The molecule has 0 aromatic carbocycles. The van der Waals surface area contributed by atoms with Crippen molar-refractivity contribution in [1.82, 2.24) is 15.1 Å². The van der Waals surface area contributed by atoms with Crippen molar-refractivity contribution in [3.63, 3.8) is 0 Å².